The summed E-state index contributed by atoms with van der Waals surface area (Å²) in [5.74, 6) is 0.203. The lowest BCUT2D eigenvalue weighted by atomic mass is 9.87. The van der Waals surface area contributed by atoms with Gasteiger partial charge in [0.2, 0.25) is 5.91 Å². The van der Waals surface area contributed by atoms with Gasteiger partial charge < -0.3 is 9.64 Å². The summed E-state index contributed by atoms with van der Waals surface area (Å²) >= 11 is 0. The number of hydrogen-bond acceptors (Lipinski definition) is 3. The van der Waals surface area contributed by atoms with Gasteiger partial charge in [0.15, 0.2) is 0 Å². The molecule has 0 aromatic heterocycles. The molecule has 1 aromatic rings. The number of rotatable bonds is 4. The molecule has 19 heavy (non-hydrogen) atoms. The zero-order valence-corrected chi connectivity index (χ0v) is 11.2. The molecule has 3 rings (SSSR count). The number of carbonyl (C=O) groups is 1. The molecule has 0 spiro atoms. The van der Waals surface area contributed by atoms with Gasteiger partial charge in [-0.15, -0.1) is 0 Å². The minimum atomic E-state index is 0.0290. The fraction of sp³-hybridized carbons (Fsp3) is 0.533. The summed E-state index contributed by atoms with van der Waals surface area (Å²) < 4.78 is 5.59. The molecular weight excluding hydrogens is 240 g/mol. The van der Waals surface area contributed by atoms with E-state index in [1.165, 1.54) is 0 Å². The van der Waals surface area contributed by atoms with Crippen molar-refractivity contribution >= 4 is 5.91 Å². The molecule has 102 valence electrons. The van der Waals surface area contributed by atoms with E-state index in [0.717, 1.165) is 25.0 Å². The molecular formula is C15H20N2O2. The Morgan fingerprint density at radius 2 is 2.05 bits per heavy atom. The van der Waals surface area contributed by atoms with E-state index in [0.29, 0.717) is 18.7 Å². The van der Waals surface area contributed by atoms with Gasteiger partial charge >= 0.3 is 0 Å². The van der Waals surface area contributed by atoms with Gasteiger partial charge in [-0.2, -0.15) is 0 Å². The number of amides is 1. The highest BCUT2D eigenvalue weighted by atomic mass is 16.5. The van der Waals surface area contributed by atoms with E-state index >= 15 is 0 Å². The molecule has 0 bridgehead atoms. The predicted octanol–water partition coefficient (Wildman–Crippen LogP) is 1.68. The van der Waals surface area contributed by atoms with E-state index in [1.807, 2.05) is 30.0 Å². The van der Waals surface area contributed by atoms with E-state index in [4.69, 9.17) is 4.74 Å². The Balaban J connectivity index is 1.70. The van der Waals surface area contributed by atoms with Crippen LogP contribution in [0, 0.1) is 0 Å². The Labute approximate surface area is 113 Å². The molecule has 1 saturated carbocycles. The third kappa shape index (κ3) is 2.38. The first-order valence-electron chi connectivity index (χ1n) is 7.00. The highest BCUT2D eigenvalue weighted by Gasteiger charge is 2.43. The van der Waals surface area contributed by atoms with Crippen LogP contribution in [0.2, 0.25) is 0 Å². The first kappa shape index (κ1) is 12.6. The zero-order chi connectivity index (χ0) is 13.2. The standard InChI is InChI=1S/C15H20N2O2/c1-2-19-13-8-12(9-13)17-14(18)10-16-15(17)11-6-4-3-5-7-11/h3-7,12-13,15-16H,2,8-10H2,1H3. The number of ether oxygens (including phenoxy) is 1. The molecule has 1 unspecified atom stereocenters. The van der Waals surface area contributed by atoms with Crippen LogP contribution in [0.25, 0.3) is 0 Å². The summed E-state index contributed by atoms with van der Waals surface area (Å²) in [5, 5.41) is 3.30. The van der Waals surface area contributed by atoms with Crippen molar-refractivity contribution in [3.05, 3.63) is 35.9 Å². The fourth-order valence-electron chi connectivity index (χ4n) is 2.98. The van der Waals surface area contributed by atoms with Gasteiger partial charge in [0.1, 0.15) is 6.17 Å². The minimum Gasteiger partial charge on any atom is -0.378 e. The lowest BCUT2D eigenvalue weighted by Gasteiger charge is -2.43. The van der Waals surface area contributed by atoms with Crippen LogP contribution < -0.4 is 5.32 Å². The van der Waals surface area contributed by atoms with Crippen molar-refractivity contribution in [1.82, 2.24) is 10.2 Å². The molecule has 1 aliphatic heterocycles. The first-order valence-corrected chi connectivity index (χ1v) is 7.00. The van der Waals surface area contributed by atoms with Gasteiger partial charge in [0.25, 0.3) is 0 Å². The number of nitrogens with one attached hydrogen (secondary N) is 1. The first-order chi connectivity index (χ1) is 9.29. The number of benzene rings is 1. The summed E-state index contributed by atoms with van der Waals surface area (Å²) in [6.07, 6.45) is 2.29. The second-order valence-corrected chi connectivity index (χ2v) is 5.20. The van der Waals surface area contributed by atoms with Crippen LogP contribution in [0.3, 0.4) is 0 Å². The average Bonchev–Trinajstić information content (AvgIpc) is 2.76. The normalized spacial score (nSPS) is 30.5. The van der Waals surface area contributed by atoms with Crippen LogP contribution in [-0.4, -0.2) is 36.1 Å². The van der Waals surface area contributed by atoms with Gasteiger partial charge in [-0.05, 0) is 25.3 Å². The molecule has 0 radical (unpaired) electrons. The molecule has 1 N–H and O–H groups in total. The highest BCUT2D eigenvalue weighted by Crippen LogP contribution is 2.35. The topological polar surface area (TPSA) is 41.6 Å². The van der Waals surface area contributed by atoms with E-state index < -0.39 is 0 Å². The Hall–Kier alpha value is -1.39. The van der Waals surface area contributed by atoms with E-state index in [9.17, 15) is 4.79 Å². The molecule has 1 saturated heterocycles. The van der Waals surface area contributed by atoms with Crippen molar-refractivity contribution in [3.63, 3.8) is 0 Å². The minimum absolute atomic E-state index is 0.0290. The molecule has 2 fully saturated rings. The third-order valence-corrected chi connectivity index (χ3v) is 3.99. The van der Waals surface area contributed by atoms with Gasteiger partial charge in [0.05, 0.1) is 12.6 Å². The van der Waals surface area contributed by atoms with Crippen LogP contribution in [0.15, 0.2) is 30.3 Å². The second kappa shape index (κ2) is 5.31. The summed E-state index contributed by atoms with van der Waals surface area (Å²) in [6.45, 7) is 3.21. The Kier molecular flexibility index (Phi) is 3.53. The van der Waals surface area contributed by atoms with Crippen molar-refractivity contribution in [2.75, 3.05) is 13.2 Å². The smallest absolute Gasteiger partial charge is 0.238 e. The van der Waals surface area contributed by atoms with Crippen molar-refractivity contribution < 1.29 is 9.53 Å². The molecule has 1 aromatic carbocycles. The highest BCUT2D eigenvalue weighted by molar-refractivity contribution is 5.81. The van der Waals surface area contributed by atoms with Gasteiger partial charge in [0, 0.05) is 12.6 Å². The van der Waals surface area contributed by atoms with E-state index in [1.54, 1.807) is 0 Å². The lowest BCUT2D eigenvalue weighted by molar-refractivity contribution is -0.136. The quantitative estimate of drug-likeness (QED) is 0.895. The summed E-state index contributed by atoms with van der Waals surface area (Å²) in [5.41, 5.74) is 1.16. The monoisotopic (exact) mass is 260 g/mol. The van der Waals surface area contributed by atoms with Crippen LogP contribution in [0.5, 0.6) is 0 Å². The van der Waals surface area contributed by atoms with Crippen LogP contribution >= 0.6 is 0 Å². The van der Waals surface area contributed by atoms with Gasteiger partial charge in [-0.25, -0.2) is 0 Å². The third-order valence-electron chi connectivity index (χ3n) is 3.99. The second-order valence-electron chi connectivity index (χ2n) is 5.20. The fourth-order valence-corrected chi connectivity index (χ4v) is 2.98. The predicted molar refractivity (Wildman–Crippen MR) is 72.5 cm³/mol. The SMILES string of the molecule is CCOC1CC(N2C(=O)CNC2c2ccccc2)C1. The average molecular weight is 260 g/mol. The zero-order valence-electron chi connectivity index (χ0n) is 11.2. The maximum Gasteiger partial charge on any atom is 0.238 e. The summed E-state index contributed by atoms with van der Waals surface area (Å²) in [6, 6.07) is 10.5. The lowest BCUT2D eigenvalue weighted by Crippen LogP contribution is -2.50. The van der Waals surface area contributed by atoms with Gasteiger partial charge in [-0.1, -0.05) is 30.3 Å². The molecule has 1 amide bonds. The molecule has 4 heteroatoms. The van der Waals surface area contributed by atoms with Crippen molar-refractivity contribution in [2.45, 2.75) is 38.1 Å². The molecule has 2 aliphatic rings. The molecule has 4 nitrogen and oxygen atoms in total. The van der Waals surface area contributed by atoms with E-state index in [-0.39, 0.29) is 12.1 Å². The van der Waals surface area contributed by atoms with Crippen molar-refractivity contribution in [3.8, 4) is 0 Å². The van der Waals surface area contributed by atoms with Crippen molar-refractivity contribution in [2.24, 2.45) is 0 Å². The van der Waals surface area contributed by atoms with Crippen molar-refractivity contribution in [1.29, 1.82) is 0 Å². The van der Waals surface area contributed by atoms with Crippen LogP contribution in [0.1, 0.15) is 31.5 Å². The Morgan fingerprint density at radius 1 is 1.32 bits per heavy atom. The summed E-state index contributed by atoms with van der Waals surface area (Å²) in [4.78, 5) is 14.1. The Morgan fingerprint density at radius 3 is 2.74 bits per heavy atom. The van der Waals surface area contributed by atoms with E-state index in [2.05, 4.69) is 17.4 Å². The molecule has 1 atom stereocenters. The number of hydrogen-bond donors (Lipinski definition) is 1. The van der Waals surface area contributed by atoms with Crippen LogP contribution in [-0.2, 0) is 9.53 Å². The number of carbonyl (C=O) groups excluding carboxylic acids is 1. The largest absolute Gasteiger partial charge is 0.378 e. The van der Waals surface area contributed by atoms with Crippen LogP contribution in [0.4, 0.5) is 0 Å². The maximum atomic E-state index is 12.1. The maximum absolute atomic E-state index is 12.1. The summed E-state index contributed by atoms with van der Waals surface area (Å²) in [7, 11) is 0. The molecule has 1 heterocycles. The molecule has 1 aliphatic carbocycles. The Bertz CT molecular complexity index is 443. The van der Waals surface area contributed by atoms with Gasteiger partial charge in [-0.3, -0.25) is 10.1 Å². The number of nitrogens with zero attached hydrogens (tertiary/aromatic N) is 1.